The van der Waals surface area contributed by atoms with Crippen LogP contribution in [0.5, 0.6) is 0 Å². The normalized spacial score (nSPS) is 10.4. The van der Waals surface area contributed by atoms with Crippen molar-refractivity contribution in [1.82, 2.24) is 5.32 Å². The Hall–Kier alpha value is -2.66. The number of hydrogen-bond donors (Lipinski definition) is 2. The molecule has 0 saturated carbocycles. The van der Waals surface area contributed by atoms with Crippen LogP contribution < -0.4 is 5.32 Å². The number of aryl methyl sites for hydroxylation is 1. The molecule has 0 heterocycles. The highest BCUT2D eigenvalue weighted by atomic mass is 16.5. The van der Waals surface area contributed by atoms with Gasteiger partial charge in [-0.05, 0) is 48.7 Å². The Morgan fingerprint density at radius 3 is 2.42 bits per heavy atom. The van der Waals surface area contributed by atoms with Gasteiger partial charge in [-0.3, -0.25) is 4.79 Å². The average molecular weight is 327 g/mol. The second kappa shape index (κ2) is 8.26. The lowest BCUT2D eigenvalue weighted by atomic mass is 10.1. The van der Waals surface area contributed by atoms with E-state index in [2.05, 4.69) is 5.32 Å². The number of amides is 1. The number of carboxylic acid groups (broad SMARTS) is 1. The van der Waals surface area contributed by atoms with E-state index in [9.17, 15) is 9.59 Å². The van der Waals surface area contributed by atoms with Crippen molar-refractivity contribution in [1.29, 1.82) is 0 Å². The predicted molar refractivity (Wildman–Crippen MR) is 91.1 cm³/mol. The maximum absolute atomic E-state index is 12.3. The first-order valence-corrected chi connectivity index (χ1v) is 7.79. The first-order valence-electron chi connectivity index (χ1n) is 7.79. The van der Waals surface area contributed by atoms with E-state index in [-0.39, 0.29) is 11.5 Å². The molecule has 2 rings (SSSR count). The van der Waals surface area contributed by atoms with Crippen LogP contribution in [0.25, 0.3) is 0 Å². The summed E-state index contributed by atoms with van der Waals surface area (Å²) < 4.78 is 5.43. The Kier molecular flexibility index (Phi) is 6.09. The van der Waals surface area contributed by atoms with Gasteiger partial charge in [-0.2, -0.15) is 0 Å². The minimum Gasteiger partial charge on any atom is -0.478 e. The summed E-state index contributed by atoms with van der Waals surface area (Å²) in [6.45, 7) is 5.18. The third-order valence-electron chi connectivity index (χ3n) is 3.61. The van der Waals surface area contributed by atoms with Gasteiger partial charge >= 0.3 is 5.97 Å². The van der Waals surface area contributed by atoms with Gasteiger partial charge in [0.2, 0.25) is 0 Å². The molecule has 1 amide bonds. The standard InChI is InChI=1S/C19H21NO4/c1-3-24-12-15-7-5-4-6-14(15)11-20-18(21)16-8-13(2)9-17(10-16)19(22)23/h4-10H,3,11-12H2,1-2H3,(H,20,21)(H,22,23). The molecule has 2 N–H and O–H groups in total. The third-order valence-corrected chi connectivity index (χ3v) is 3.61. The van der Waals surface area contributed by atoms with Crippen molar-refractivity contribution in [3.05, 3.63) is 70.3 Å². The molecule has 2 aromatic rings. The highest BCUT2D eigenvalue weighted by molar-refractivity contribution is 5.97. The lowest BCUT2D eigenvalue weighted by molar-refractivity contribution is 0.0696. The number of benzene rings is 2. The van der Waals surface area contributed by atoms with Crippen molar-refractivity contribution >= 4 is 11.9 Å². The summed E-state index contributed by atoms with van der Waals surface area (Å²) >= 11 is 0. The van der Waals surface area contributed by atoms with Crippen LogP contribution in [0.2, 0.25) is 0 Å². The number of ether oxygens (including phenoxy) is 1. The second-order valence-electron chi connectivity index (χ2n) is 5.48. The molecule has 2 aromatic carbocycles. The highest BCUT2D eigenvalue weighted by Gasteiger charge is 2.11. The molecule has 0 bridgehead atoms. The van der Waals surface area contributed by atoms with Gasteiger partial charge in [-0.1, -0.05) is 24.3 Å². The van der Waals surface area contributed by atoms with E-state index in [1.807, 2.05) is 31.2 Å². The molecule has 5 nitrogen and oxygen atoms in total. The number of nitrogens with one attached hydrogen (secondary N) is 1. The van der Waals surface area contributed by atoms with E-state index in [0.717, 1.165) is 16.7 Å². The van der Waals surface area contributed by atoms with Gasteiger partial charge < -0.3 is 15.2 Å². The van der Waals surface area contributed by atoms with Crippen LogP contribution in [0.1, 0.15) is 44.3 Å². The molecule has 0 radical (unpaired) electrons. The van der Waals surface area contributed by atoms with E-state index in [1.54, 1.807) is 13.0 Å². The van der Waals surface area contributed by atoms with E-state index in [4.69, 9.17) is 9.84 Å². The minimum atomic E-state index is -1.05. The molecule has 0 unspecified atom stereocenters. The summed E-state index contributed by atoms with van der Waals surface area (Å²) in [5, 5.41) is 11.9. The van der Waals surface area contributed by atoms with Crippen LogP contribution in [-0.4, -0.2) is 23.6 Å². The Morgan fingerprint density at radius 2 is 1.75 bits per heavy atom. The largest absolute Gasteiger partial charge is 0.478 e. The number of carbonyl (C=O) groups is 2. The Labute approximate surface area is 141 Å². The van der Waals surface area contributed by atoms with Crippen LogP contribution in [0.3, 0.4) is 0 Å². The van der Waals surface area contributed by atoms with Crippen LogP contribution >= 0.6 is 0 Å². The van der Waals surface area contributed by atoms with Crippen molar-refractivity contribution in [3.63, 3.8) is 0 Å². The first-order chi connectivity index (χ1) is 11.5. The zero-order valence-electron chi connectivity index (χ0n) is 13.8. The van der Waals surface area contributed by atoms with Crippen LogP contribution in [-0.2, 0) is 17.9 Å². The highest BCUT2D eigenvalue weighted by Crippen LogP contribution is 2.12. The van der Waals surface area contributed by atoms with E-state index < -0.39 is 5.97 Å². The smallest absolute Gasteiger partial charge is 0.335 e. The summed E-state index contributed by atoms with van der Waals surface area (Å²) in [6, 6.07) is 12.3. The summed E-state index contributed by atoms with van der Waals surface area (Å²) in [5.74, 6) is -1.35. The van der Waals surface area contributed by atoms with Gasteiger partial charge in [0.15, 0.2) is 0 Å². The van der Waals surface area contributed by atoms with Crippen molar-refractivity contribution < 1.29 is 19.4 Å². The van der Waals surface area contributed by atoms with Crippen molar-refractivity contribution in [2.45, 2.75) is 27.0 Å². The molecule has 0 aliphatic carbocycles. The van der Waals surface area contributed by atoms with E-state index in [0.29, 0.717) is 25.3 Å². The zero-order chi connectivity index (χ0) is 17.5. The molecule has 0 spiro atoms. The quantitative estimate of drug-likeness (QED) is 0.819. The Morgan fingerprint density at radius 1 is 1.08 bits per heavy atom. The molecule has 126 valence electrons. The molecular formula is C19H21NO4. The molecule has 0 aromatic heterocycles. The van der Waals surface area contributed by atoms with Gasteiger partial charge in [0, 0.05) is 18.7 Å². The molecule has 0 saturated heterocycles. The Bertz CT molecular complexity index is 740. The summed E-state index contributed by atoms with van der Waals surface area (Å²) in [6.07, 6.45) is 0. The van der Waals surface area contributed by atoms with Crippen molar-refractivity contribution in [2.75, 3.05) is 6.61 Å². The molecule has 0 aliphatic heterocycles. The maximum Gasteiger partial charge on any atom is 0.335 e. The number of hydrogen-bond acceptors (Lipinski definition) is 3. The Balaban J connectivity index is 2.10. The lowest BCUT2D eigenvalue weighted by Gasteiger charge is -2.11. The number of rotatable bonds is 7. The first kappa shape index (κ1) is 17.7. The van der Waals surface area contributed by atoms with Gasteiger partial charge in [0.25, 0.3) is 5.91 Å². The van der Waals surface area contributed by atoms with Crippen LogP contribution in [0.4, 0.5) is 0 Å². The monoisotopic (exact) mass is 327 g/mol. The molecule has 0 atom stereocenters. The lowest BCUT2D eigenvalue weighted by Crippen LogP contribution is -2.24. The van der Waals surface area contributed by atoms with E-state index >= 15 is 0 Å². The second-order valence-corrected chi connectivity index (χ2v) is 5.48. The predicted octanol–water partition coefficient (Wildman–Crippen LogP) is 3.16. The number of carbonyl (C=O) groups excluding carboxylic acids is 1. The third kappa shape index (κ3) is 4.67. The molecular weight excluding hydrogens is 306 g/mol. The average Bonchev–Trinajstić information content (AvgIpc) is 2.57. The molecule has 0 fully saturated rings. The summed E-state index contributed by atoms with van der Waals surface area (Å²) in [7, 11) is 0. The maximum atomic E-state index is 12.3. The molecule has 24 heavy (non-hydrogen) atoms. The SMILES string of the molecule is CCOCc1ccccc1CNC(=O)c1cc(C)cc(C(=O)O)c1. The topological polar surface area (TPSA) is 75.6 Å². The van der Waals surface area contributed by atoms with Crippen LogP contribution in [0, 0.1) is 6.92 Å². The van der Waals surface area contributed by atoms with Gasteiger partial charge in [0.05, 0.1) is 12.2 Å². The van der Waals surface area contributed by atoms with Gasteiger partial charge in [-0.25, -0.2) is 4.79 Å². The minimum absolute atomic E-state index is 0.108. The summed E-state index contributed by atoms with van der Waals surface area (Å²) in [4.78, 5) is 23.4. The fourth-order valence-electron chi connectivity index (χ4n) is 2.40. The van der Waals surface area contributed by atoms with Gasteiger partial charge in [0.1, 0.15) is 0 Å². The summed E-state index contributed by atoms with van der Waals surface area (Å²) in [5.41, 5.74) is 3.18. The fourth-order valence-corrected chi connectivity index (χ4v) is 2.40. The fraction of sp³-hybridized carbons (Fsp3) is 0.263. The molecule has 5 heteroatoms. The van der Waals surface area contributed by atoms with Crippen molar-refractivity contribution in [3.8, 4) is 0 Å². The molecule has 0 aliphatic rings. The number of carboxylic acids is 1. The van der Waals surface area contributed by atoms with E-state index in [1.165, 1.54) is 12.1 Å². The number of aromatic carboxylic acids is 1. The zero-order valence-corrected chi connectivity index (χ0v) is 13.8. The van der Waals surface area contributed by atoms with Crippen molar-refractivity contribution in [2.24, 2.45) is 0 Å². The van der Waals surface area contributed by atoms with Gasteiger partial charge in [-0.15, -0.1) is 0 Å². The van der Waals surface area contributed by atoms with Crippen LogP contribution in [0.15, 0.2) is 42.5 Å².